The molecule has 16 heavy (non-hydrogen) atoms. The molecule has 6 heteroatoms. The predicted molar refractivity (Wildman–Crippen MR) is 63.7 cm³/mol. The van der Waals surface area contributed by atoms with Gasteiger partial charge in [0.05, 0.1) is 4.90 Å². The molecule has 0 atom stereocenters. The Bertz CT molecular complexity index is 602. The van der Waals surface area contributed by atoms with Crippen molar-refractivity contribution < 1.29 is 8.42 Å². The Labute approximate surface area is 102 Å². The Morgan fingerprint density at radius 2 is 1.81 bits per heavy atom. The van der Waals surface area contributed by atoms with Gasteiger partial charge in [0.15, 0.2) is 0 Å². The molecule has 0 saturated carbocycles. The predicted octanol–water partition coefficient (Wildman–Crippen LogP) is 2.19. The molecule has 0 fully saturated rings. The molecule has 1 aromatic heterocycles. The third kappa shape index (κ3) is 2.03. The molecule has 0 amide bonds. The molecule has 0 radical (unpaired) electrons. The summed E-state index contributed by atoms with van der Waals surface area (Å²) in [5.41, 5.74) is 1.01. The third-order valence-corrected chi connectivity index (χ3v) is 4.09. The summed E-state index contributed by atoms with van der Waals surface area (Å²) in [5.74, 6) is 0. The number of halogens is 1. The van der Waals surface area contributed by atoms with Gasteiger partial charge >= 0.3 is 0 Å². The number of benzene rings is 1. The van der Waals surface area contributed by atoms with E-state index in [1.807, 2.05) is 6.92 Å². The van der Waals surface area contributed by atoms with Gasteiger partial charge < -0.3 is 0 Å². The van der Waals surface area contributed by atoms with Crippen molar-refractivity contribution >= 4 is 26.0 Å². The van der Waals surface area contributed by atoms with E-state index in [0.717, 1.165) is 9.65 Å². The van der Waals surface area contributed by atoms with Gasteiger partial charge in [0.25, 0.3) is 10.0 Å². The van der Waals surface area contributed by atoms with Gasteiger partial charge in [0.2, 0.25) is 0 Å². The average Bonchev–Trinajstić information content (AvgIpc) is 2.66. The molecule has 0 aliphatic heterocycles. The van der Waals surface area contributed by atoms with Crippen LogP contribution in [0.4, 0.5) is 0 Å². The molecule has 0 bridgehead atoms. The Balaban J connectivity index is 2.51. The largest absolute Gasteiger partial charge is 0.282 e. The standard InChI is InChI=1S/C10H9BrN2O2S/c1-8-2-4-9(5-3-8)16(14,15)13-7-6-10(11)12-13/h2-7H,1H3. The van der Waals surface area contributed by atoms with Crippen LogP contribution in [0.3, 0.4) is 0 Å². The minimum Gasteiger partial charge on any atom is -0.199 e. The Morgan fingerprint density at radius 1 is 1.19 bits per heavy atom. The Morgan fingerprint density at radius 3 is 2.31 bits per heavy atom. The molecule has 1 aromatic carbocycles. The van der Waals surface area contributed by atoms with Crippen LogP contribution in [-0.4, -0.2) is 17.6 Å². The van der Waals surface area contributed by atoms with Crippen molar-refractivity contribution in [1.82, 2.24) is 9.19 Å². The summed E-state index contributed by atoms with van der Waals surface area (Å²) in [6, 6.07) is 8.23. The molecule has 2 rings (SSSR count). The summed E-state index contributed by atoms with van der Waals surface area (Å²) in [6.45, 7) is 1.90. The lowest BCUT2D eigenvalue weighted by Crippen LogP contribution is -2.13. The van der Waals surface area contributed by atoms with Gasteiger partial charge in [-0.15, -0.1) is 0 Å². The molecular weight excluding hydrogens is 292 g/mol. The highest BCUT2D eigenvalue weighted by atomic mass is 79.9. The molecule has 0 aliphatic rings. The topological polar surface area (TPSA) is 52.0 Å². The fourth-order valence-corrected chi connectivity index (χ4v) is 2.74. The lowest BCUT2D eigenvalue weighted by Gasteiger charge is -2.03. The first-order valence-corrected chi connectivity index (χ1v) is 6.77. The Kier molecular flexibility index (Phi) is 2.86. The molecule has 4 nitrogen and oxygen atoms in total. The van der Waals surface area contributed by atoms with Crippen LogP contribution >= 0.6 is 15.9 Å². The van der Waals surface area contributed by atoms with Crippen molar-refractivity contribution in [1.29, 1.82) is 0 Å². The first kappa shape index (κ1) is 11.3. The first-order chi connectivity index (χ1) is 7.50. The van der Waals surface area contributed by atoms with Gasteiger partial charge in [-0.3, -0.25) is 0 Å². The van der Waals surface area contributed by atoms with Gasteiger partial charge in [0, 0.05) is 6.20 Å². The number of aromatic nitrogens is 2. The maximum Gasteiger partial charge on any atom is 0.282 e. The molecule has 0 aliphatic carbocycles. The molecule has 0 spiro atoms. The van der Waals surface area contributed by atoms with Crippen LogP contribution in [0.2, 0.25) is 0 Å². The highest BCUT2D eigenvalue weighted by molar-refractivity contribution is 9.10. The van der Waals surface area contributed by atoms with Crippen LogP contribution in [0.1, 0.15) is 5.56 Å². The molecule has 0 saturated heterocycles. The molecule has 1 heterocycles. The zero-order chi connectivity index (χ0) is 11.8. The lowest BCUT2D eigenvalue weighted by molar-refractivity contribution is 0.579. The number of hydrogen-bond acceptors (Lipinski definition) is 3. The second-order valence-electron chi connectivity index (χ2n) is 3.33. The van der Waals surface area contributed by atoms with Crippen LogP contribution in [0.15, 0.2) is 46.0 Å². The molecular formula is C10H9BrN2O2S. The molecule has 0 N–H and O–H groups in total. The smallest absolute Gasteiger partial charge is 0.199 e. The maximum atomic E-state index is 12.0. The minimum atomic E-state index is -3.56. The normalized spacial score (nSPS) is 11.6. The van der Waals surface area contributed by atoms with E-state index in [0.29, 0.717) is 4.60 Å². The van der Waals surface area contributed by atoms with E-state index >= 15 is 0 Å². The van der Waals surface area contributed by atoms with Crippen LogP contribution in [0.5, 0.6) is 0 Å². The van der Waals surface area contributed by atoms with E-state index in [1.165, 1.54) is 6.20 Å². The van der Waals surface area contributed by atoms with E-state index in [1.54, 1.807) is 30.3 Å². The molecule has 84 valence electrons. The summed E-state index contributed by atoms with van der Waals surface area (Å²) in [7, 11) is -3.56. The number of rotatable bonds is 2. The van der Waals surface area contributed by atoms with E-state index < -0.39 is 10.0 Å². The van der Waals surface area contributed by atoms with Crippen LogP contribution in [0, 0.1) is 6.92 Å². The molecule has 0 unspecified atom stereocenters. The number of nitrogens with zero attached hydrogens (tertiary/aromatic N) is 2. The van der Waals surface area contributed by atoms with Crippen LogP contribution in [0.25, 0.3) is 0 Å². The zero-order valence-electron chi connectivity index (χ0n) is 8.46. The van der Waals surface area contributed by atoms with E-state index in [4.69, 9.17) is 0 Å². The fourth-order valence-electron chi connectivity index (χ4n) is 1.24. The van der Waals surface area contributed by atoms with Crippen molar-refractivity contribution in [3.05, 3.63) is 46.7 Å². The maximum absolute atomic E-state index is 12.0. The summed E-state index contributed by atoms with van der Waals surface area (Å²) in [6.07, 6.45) is 1.40. The van der Waals surface area contributed by atoms with E-state index in [2.05, 4.69) is 21.0 Å². The van der Waals surface area contributed by atoms with Crippen molar-refractivity contribution in [2.45, 2.75) is 11.8 Å². The highest BCUT2D eigenvalue weighted by Gasteiger charge is 2.17. The van der Waals surface area contributed by atoms with Crippen molar-refractivity contribution in [3.63, 3.8) is 0 Å². The molecule has 2 aromatic rings. The second kappa shape index (κ2) is 4.03. The van der Waals surface area contributed by atoms with Crippen molar-refractivity contribution in [2.24, 2.45) is 0 Å². The van der Waals surface area contributed by atoms with E-state index in [-0.39, 0.29) is 4.90 Å². The summed E-state index contributed by atoms with van der Waals surface area (Å²) in [5, 5.41) is 3.83. The Hall–Kier alpha value is -1.14. The van der Waals surface area contributed by atoms with Crippen LogP contribution < -0.4 is 0 Å². The monoisotopic (exact) mass is 300 g/mol. The van der Waals surface area contributed by atoms with Gasteiger partial charge in [-0.05, 0) is 41.1 Å². The van der Waals surface area contributed by atoms with Crippen molar-refractivity contribution in [2.75, 3.05) is 0 Å². The minimum absolute atomic E-state index is 0.230. The van der Waals surface area contributed by atoms with Crippen LogP contribution in [-0.2, 0) is 10.0 Å². The SMILES string of the molecule is Cc1ccc(S(=O)(=O)n2ccc(Br)n2)cc1. The second-order valence-corrected chi connectivity index (χ2v) is 5.94. The number of aryl methyl sites for hydroxylation is 1. The summed E-state index contributed by atoms with van der Waals surface area (Å²) in [4.78, 5) is 0.230. The van der Waals surface area contributed by atoms with Gasteiger partial charge in [-0.2, -0.15) is 17.6 Å². The van der Waals surface area contributed by atoms with E-state index in [9.17, 15) is 8.42 Å². The highest BCUT2D eigenvalue weighted by Crippen LogP contribution is 2.15. The van der Waals surface area contributed by atoms with Gasteiger partial charge in [-0.1, -0.05) is 17.7 Å². The van der Waals surface area contributed by atoms with Crippen molar-refractivity contribution in [3.8, 4) is 0 Å². The number of hydrogen-bond donors (Lipinski definition) is 0. The van der Waals surface area contributed by atoms with Gasteiger partial charge in [0.1, 0.15) is 4.60 Å². The average molecular weight is 301 g/mol. The fraction of sp³-hybridized carbons (Fsp3) is 0.100. The summed E-state index contributed by atoms with van der Waals surface area (Å²) >= 11 is 3.11. The first-order valence-electron chi connectivity index (χ1n) is 4.53. The van der Waals surface area contributed by atoms with Gasteiger partial charge in [-0.25, -0.2) is 0 Å². The quantitative estimate of drug-likeness (QED) is 0.854. The lowest BCUT2D eigenvalue weighted by atomic mass is 10.2. The zero-order valence-corrected chi connectivity index (χ0v) is 10.9. The summed E-state index contributed by atoms with van der Waals surface area (Å²) < 4.78 is 25.5. The third-order valence-electron chi connectivity index (χ3n) is 2.10.